The molecule has 196 valence electrons. The molecular weight excluding hydrogens is 463 g/mol. The van der Waals surface area contributed by atoms with Crippen molar-refractivity contribution in [2.45, 2.75) is 39.0 Å². The monoisotopic (exact) mass is 501 g/mol. The van der Waals surface area contributed by atoms with Gasteiger partial charge in [0.15, 0.2) is 0 Å². The molecule has 0 spiro atoms. The molecule has 0 bridgehead atoms. The number of benzene rings is 2. The van der Waals surface area contributed by atoms with Crippen molar-refractivity contribution in [3.63, 3.8) is 0 Å². The summed E-state index contributed by atoms with van der Waals surface area (Å²) in [5.41, 5.74) is 1.59. The molecule has 2 aliphatic rings. The van der Waals surface area contributed by atoms with Crippen molar-refractivity contribution in [2.24, 2.45) is 5.92 Å². The highest BCUT2D eigenvalue weighted by Gasteiger charge is 2.30. The maximum Gasteiger partial charge on any atom is 0.271 e. The van der Waals surface area contributed by atoms with Gasteiger partial charge >= 0.3 is 0 Å². The highest BCUT2D eigenvalue weighted by Crippen LogP contribution is 2.35. The zero-order valence-corrected chi connectivity index (χ0v) is 21.5. The summed E-state index contributed by atoms with van der Waals surface area (Å²) in [6, 6.07) is 11.7. The van der Waals surface area contributed by atoms with E-state index in [1.165, 1.54) is 38.1 Å². The van der Waals surface area contributed by atoms with Crippen LogP contribution in [0.3, 0.4) is 0 Å². The van der Waals surface area contributed by atoms with Crippen LogP contribution in [0, 0.1) is 11.7 Å². The summed E-state index contributed by atoms with van der Waals surface area (Å²) in [4.78, 5) is 6.81. The maximum atomic E-state index is 14.1. The molecular formula is C29H38F3N3O. The summed E-state index contributed by atoms with van der Waals surface area (Å²) in [6.07, 6.45) is 3.67. The number of ether oxygens (including phenoxy) is 1. The molecule has 2 saturated heterocycles. The average molecular weight is 502 g/mol. The molecule has 2 fully saturated rings. The summed E-state index contributed by atoms with van der Waals surface area (Å²) in [5, 5.41) is 0. The summed E-state index contributed by atoms with van der Waals surface area (Å²) in [5.74, 6) is -2.13. The lowest BCUT2D eigenvalue weighted by atomic mass is 9.99. The van der Waals surface area contributed by atoms with E-state index >= 15 is 0 Å². The third kappa shape index (κ3) is 6.75. The van der Waals surface area contributed by atoms with Crippen molar-refractivity contribution in [3.8, 4) is 5.75 Å². The fraction of sp³-hybridized carbons (Fsp3) is 0.517. The van der Waals surface area contributed by atoms with E-state index in [4.69, 9.17) is 4.74 Å². The van der Waals surface area contributed by atoms with Crippen molar-refractivity contribution < 1.29 is 17.9 Å². The lowest BCUT2D eigenvalue weighted by Gasteiger charge is -2.38. The predicted molar refractivity (Wildman–Crippen MR) is 140 cm³/mol. The van der Waals surface area contributed by atoms with Gasteiger partial charge < -0.3 is 19.4 Å². The van der Waals surface area contributed by atoms with Gasteiger partial charge in [0.2, 0.25) is 0 Å². The van der Waals surface area contributed by atoms with E-state index in [1.54, 1.807) is 0 Å². The van der Waals surface area contributed by atoms with E-state index in [-0.39, 0.29) is 5.56 Å². The van der Waals surface area contributed by atoms with Gasteiger partial charge in [-0.3, -0.25) is 0 Å². The van der Waals surface area contributed by atoms with Crippen LogP contribution in [0.4, 0.5) is 18.9 Å². The van der Waals surface area contributed by atoms with Gasteiger partial charge in [-0.25, -0.2) is 13.2 Å². The molecule has 0 radical (unpaired) electrons. The van der Waals surface area contributed by atoms with E-state index in [9.17, 15) is 13.2 Å². The summed E-state index contributed by atoms with van der Waals surface area (Å²) in [7, 11) is 0. The third-order valence-corrected chi connectivity index (χ3v) is 7.26. The topological polar surface area (TPSA) is 19.0 Å². The van der Waals surface area contributed by atoms with Crippen molar-refractivity contribution in [1.29, 1.82) is 0 Å². The Morgan fingerprint density at radius 2 is 1.78 bits per heavy atom. The Hall–Kier alpha value is -2.67. The van der Waals surface area contributed by atoms with Crippen LogP contribution in [-0.4, -0.2) is 62.2 Å². The smallest absolute Gasteiger partial charge is 0.271 e. The predicted octanol–water partition coefficient (Wildman–Crippen LogP) is 6.23. The normalized spacial score (nSPS) is 19.4. The molecule has 4 rings (SSSR count). The molecule has 2 aromatic rings. The zero-order chi connectivity index (χ0) is 25.7. The Balaban J connectivity index is 1.25. The number of likely N-dealkylation sites (tertiary alicyclic amines) is 1. The van der Waals surface area contributed by atoms with Crippen LogP contribution in [-0.2, 0) is 5.92 Å². The van der Waals surface area contributed by atoms with Crippen molar-refractivity contribution >= 4 is 11.4 Å². The van der Waals surface area contributed by atoms with E-state index in [2.05, 4.69) is 35.4 Å². The first kappa shape index (κ1) is 26.4. The minimum atomic E-state index is -3.14. The second-order valence-electron chi connectivity index (χ2n) is 10.2. The van der Waals surface area contributed by atoms with Crippen molar-refractivity contribution in [3.05, 3.63) is 66.0 Å². The fourth-order valence-electron chi connectivity index (χ4n) is 5.26. The van der Waals surface area contributed by atoms with Gasteiger partial charge in [-0.15, -0.1) is 0 Å². The molecule has 0 aliphatic carbocycles. The Morgan fingerprint density at radius 1 is 1.06 bits per heavy atom. The number of nitrogens with zero attached hydrogens (tertiary/aromatic N) is 3. The summed E-state index contributed by atoms with van der Waals surface area (Å²) in [6.45, 7) is 14.2. The third-order valence-electron chi connectivity index (χ3n) is 7.26. The number of alkyl halides is 2. The standard InChI is InChI=1S/C29H38F3N3O/c1-22-6-4-13-33(21-22)14-5-19-36-26-10-8-25(9-11-26)35-17-15-34(16-18-35)23(2)27-12-7-24(30)20-28(27)29(3,31)32/h7-12,20,22H,2,4-6,13-19,21H2,1,3H3. The minimum Gasteiger partial charge on any atom is -0.494 e. The first-order chi connectivity index (χ1) is 17.2. The van der Waals surface area contributed by atoms with Gasteiger partial charge in [0, 0.05) is 68.7 Å². The van der Waals surface area contributed by atoms with Crippen molar-refractivity contribution in [2.75, 3.05) is 57.3 Å². The van der Waals surface area contributed by atoms with Gasteiger partial charge in [0.05, 0.1) is 6.61 Å². The van der Waals surface area contributed by atoms with Crippen LogP contribution in [0.1, 0.15) is 44.2 Å². The molecule has 0 saturated carbocycles. The number of hydrogen-bond donors (Lipinski definition) is 0. The van der Waals surface area contributed by atoms with E-state index in [1.807, 2.05) is 17.0 Å². The lowest BCUT2D eigenvalue weighted by molar-refractivity contribution is 0.0167. The molecule has 4 nitrogen and oxygen atoms in total. The van der Waals surface area contributed by atoms with Crippen LogP contribution < -0.4 is 9.64 Å². The van der Waals surface area contributed by atoms with E-state index in [0.717, 1.165) is 56.4 Å². The number of rotatable bonds is 9. The molecule has 0 amide bonds. The van der Waals surface area contributed by atoms with Gasteiger partial charge in [-0.2, -0.15) is 0 Å². The summed E-state index contributed by atoms with van der Waals surface area (Å²) < 4.78 is 47.8. The Morgan fingerprint density at radius 3 is 2.44 bits per heavy atom. The van der Waals surface area contributed by atoms with Gasteiger partial charge in [0.25, 0.3) is 5.92 Å². The van der Waals surface area contributed by atoms with E-state index in [0.29, 0.717) is 31.0 Å². The summed E-state index contributed by atoms with van der Waals surface area (Å²) >= 11 is 0. The van der Waals surface area contributed by atoms with Gasteiger partial charge in [-0.05, 0) is 74.2 Å². The Kier molecular flexibility index (Phi) is 8.50. The second-order valence-corrected chi connectivity index (χ2v) is 10.2. The largest absolute Gasteiger partial charge is 0.494 e. The Bertz CT molecular complexity index is 1010. The molecule has 7 heteroatoms. The van der Waals surface area contributed by atoms with Crippen LogP contribution in [0.25, 0.3) is 5.70 Å². The Labute approximate surface area is 213 Å². The molecule has 1 atom stereocenters. The molecule has 2 aromatic carbocycles. The van der Waals surface area contributed by atoms with Gasteiger partial charge in [0.1, 0.15) is 11.6 Å². The minimum absolute atomic E-state index is 0.300. The second kappa shape index (κ2) is 11.6. The molecule has 1 unspecified atom stereocenters. The van der Waals surface area contributed by atoms with Crippen LogP contribution in [0.15, 0.2) is 49.0 Å². The van der Waals surface area contributed by atoms with Gasteiger partial charge in [-0.1, -0.05) is 13.5 Å². The molecule has 2 heterocycles. The SMILES string of the molecule is C=C(c1ccc(F)cc1C(C)(F)F)N1CCN(c2ccc(OCCCN3CCCC(C)C3)cc2)CC1. The molecule has 36 heavy (non-hydrogen) atoms. The molecule has 0 N–H and O–H groups in total. The number of piperazine rings is 1. The number of halogens is 3. The van der Waals surface area contributed by atoms with E-state index < -0.39 is 11.7 Å². The number of hydrogen-bond acceptors (Lipinski definition) is 4. The first-order valence-corrected chi connectivity index (χ1v) is 13.0. The van der Waals surface area contributed by atoms with Crippen molar-refractivity contribution in [1.82, 2.24) is 9.80 Å². The molecule has 0 aromatic heterocycles. The fourth-order valence-corrected chi connectivity index (χ4v) is 5.26. The van der Waals surface area contributed by atoms with Crippen LogP contribution in [0.2, 0.25) is 0 Å². The first-order valence-electron chi connectivity index (χ1n) is 13.0. The number of piperidine rings is 1. The quantitative estimate of drug-likeness (QED) is 0.379. The maximum absolute atomic E-state index is 14.1. The lowest BCUT2D eigenvalue weighted by Crippen LogP contribution is -2.45. The molecule has 2 aliphatic heterocycles. The highest BCUT2D eigenvalue weighted by molar-refractivity contribution is 5.66. The van der Waals surface area contributed by atoms with Crippen LogP contribution >= 0.6 is 0 Å². The highest BCUT2D eigenvalue weighted by atomic mass is 19.3. The average Bonchev–Trinajstić information content (AvgIpc) is 2.86. The number of anilines is 1. The zero-order valence-electron chi connectivity index (χ0n) is 21.5. The van der Waals surface area contributed by atoms with Crippen LogP contribution in [0.5, 0.6) is 5.75 Å².